The molecule has 0 aromatic heterocycles. The number of rotatable bonds is 19. The maximum atomic E-state index is 14.8. The van der Waals surface area contributed by atoms with Gasteiger partial charge in [0.25, 0.3) is 5.91 Å². The maximum Gasteiger partial charge on any atom is 0.285 e. The van der Waals surface area contributed by atoms with E-state index in [0.717, 1.165) is 38.5 Å². The van der Waals surface area contributed by atoms with Gasteiger partial charge < -0.3 is 10.6 Å². The number of Topliss-reactive ketones (excluding diaryl/α,β-unsaturated/α-hetero) is 5. The largest absolute Gasteiger partial charge is 0.363 e. The Bertz CT molecular complexity index is 2110. The number of hydrogen-bond acceptors (Lipinski definition) is 9. The summed E-state index contributed by atoms with van der Waals surface area (Å²) in [6.45, 7) is 18.4. The SMILES string of the molecule is CC(C)[C@H](CC(=O)C[C@H](C(=O)N1CC2(C[C@H]1C(=O)CC(CC1CCC1)C(=O)C(N)=O)C(C)(C)C21CCC1)C(C)(C)C)C(=O)c1ccccc1.CC(C)[C@H](N=C=O)C(=O)c1ccccc1. The molecule has 2 aromatic rings. The highest BCUT2D eigenvalue weighted by molar-refractivity contribution is 6.36. The third-order valence-electron chi connectivity index (χ3n) is 15.9. The highest BCUT2D eigenvalue weighted by atomic mass is 16.2. The van der Waals surface area contributed by atoms with Crippen molar-refractivity contribution in [3.63, 3.8) is 0 Å². The standard InChI is InChI=1S/C41H58N2O6.C12H13NO2/c1-25(2)30(34(46)27-15-9-8-10-16-27)21-29(44)22-31(38(3,4)5)37(49)43-24-41(39(6,7)40(41)17-12-18-40)23-32(43)33(45)20-28(35(47)36(42)48)19-26-13-11-14-26;1-9(2)11(13-8-14)12(15)10-6-4-3-5-7-10/h8-10,15-16,25-26,28,30-32H,11-14,17-24H2,1-7H3,(H2,42,48);3-7,9,11H,1-2H3/t28?,30-,31+,32-,41?;11-/m00/s1. The minimum Gasteiger partial charge on any atom is -0.363 e. The van der Waals surface area contributed by atoms with Crippen LogP contribution in [0.5, 0.6) is 0 Å². The second-order valence-corrected chi connectivity index (χ2v) is 21.5. The zero-order chi connectivity index (χ0) is 47.4. The van der Waals surface area contributed by atoms with E-state index in [1.165, 1.54) is 6.08 Å². The lowest BCUT2D eigenvalue weighted by Gasteiger charge is -2.36. The van der Waals surface area contributed by atoms with Crippen molar-refractivity contribution in [3.8, 4) is 0 Å². The van der Waals surface area contributed by atoms with Gasteiger partial charge in [0.2, 0.25) is 17.8 Å². The fourth-order valence-corrected chi connectivity index (χ4v) is 11.4. The van der Waals surface area contributed by atoms with E-state index in [-0.39, 0.29) is 76.4 Å². The van der Waals surface area contributed by atoms with Gasteiger partial charge in [-0.25, -0.2) is 4.79 Å². The Morgan fingerprint density at radius 3 is 1.77 bits per heavy atom. The topological polar surface area (TPSA) is 178 Å². The molecule has 3 aliphatic carbocycles. The summed E-state index contributed by atoms with van der Waals surface area (Å²) in [5.74, 6) is -4.18. The predicted octanol–water partition coefficient (Wildman–Crippen LogP) is 9.00. The summed E-state index contributed by atoms with van der Waals surface area (Å²) in [6.07, 6.45) is 8.68. The van der Waals surface area contributed by atoms with Gasteiger partial charge in [0.15, 0.2) is 17.3 Å². The second-order valence-electron chi connectivity index (χ2n) is 21.5. The van der Waals surface area contributed by atoms with Crippen molar-refractivity contribution >= 4 is 46.8 Å². The number of likely N-dealkylation sites (tertiary alicyclic amines) is 1. The quantitative estimate of drug-likeness (QED) is 0.0629. The van der Waals surface area contributed by atoms with Crippen LogP contribution in [0.1, 0.15) is 154 Å². The summed E-state index contributed by atoms with van der Waals surface area (Å²) in [6, 6.07) is 16.5. The lowest BCUT2D eigenvalue weighted by molar-refractivity contribution is -0.146. The van der Waals surface area contributed by atoms with Crippen LogP contribution in [0.15, 0.2) is 65.7 Å². The van der Waals surface area contributed by atoms with E-state index in [9.17, 15) is 38.4 Å². The van der Waals surface area contributed by atoms with E-state index >= 15 is 0 Å². The van der Waals surface area contributed by atoms with Crippen LogP contribution in [-0.4, -0.2) is 70.3 Å². The lowest BCUT2D eigenvalue weighted by Crippen LogP contribution is -2.48. The van der Waals surface area contributed by atoms with Gasteiger partial charge in [-0.2, -0.15) is 4.99 Å². The molecule has 1 saturated heterocycles. The Labute approximate surface area is 380 Å². The molecule has 2 N–H and O–H groups in total. The van der Waals surface area contributed by atoms with Gasteiger partial charge in [-0.1, -0.05) is 149 Å². The molecule has 0 radical (unpaired) electrons. The predicted molar refractivity (Wildman–Crippen MR) is 246 cm³/mol. The summed E-state index contributed by atoms with van der Waals surface area (Å²) in [5.41, 5.74) is 5.84. The number of benzene rings is 2. The van der Waals surface area contributed by atoms with Gasteiger partial charge in [-0.3, -0.25) is 33.6 Å². The van der Waals surface area contributed by atoms with Crippen LogP contribution in [0, 0.1) is 57.2 Å². The first-order chi connectivity index (χ1) is 30.0. The number of hydrogen-bond donors (Lipinski definition) is 1. The van der Waals surface area contributed by atoms with Crippen LogP contribution >= 0.6 is 0 Å². The van der Waals surface area contributed by atoms with Crippen molar-refractivity contribution in [2.45, 2.75) is 145 Å². The number of nitrogens with zero attached hydrogens (tertiary/aromatic N) is 2. The molecular formula is C53H71N3O8. The molecule has 2 amide bonds. The number of fused-ring (bicyclic) bond motifs is 1. The number of primary amides is 1. The van der Waals surface area contributed by atoms with Crippen LogP contribution in [-0.2, 0) is 28.8 Å². The second kappa shape index (κ2) is 20.1. The fraction of sp³-hybridized carbons (Fsp3) is 0.623. The zero-order valence-corrected chi connectivity index (χ0v) is 39.6. The molecule has 11 heteroatoms. The van der Waals surface area contributed by atoms with E-state index in [4.69, 9.17) is 5.73 Å². The van der Waals surface area contributed by atoms with Gasteiger partial charge >= 0.3 is 0 Å². The average molecular weight is 878 g/mol. The molecule has 2 unspecified atom stereocenters. The van der Waals surface area contributed by atoms with Gasteiger partial charge in [-0.05, 0) is 59.7 Å². The van der Waals surface area contributed by atoms with Crippen LogP contribution in [0.3, 0.4) is 0 Å². The molecule has 346 valence electrons. The highest BCUT2D eigenvalue weighted by Gasteiger charge is 2.85. The zero-order valence-electron chi connectivity index (χ0n) is 39.6. The summed E-state index contributed by atoms with van der Waals surface area (Å²) < 4.78 is 0. The fourth-order valence-electron chi connectivity index (χ4n) is 11.4. The van der Waals surface area contributed by atoms with E-state index in [1.54, 1.807) is 41.3 Å². The maximum absolute atomic E-state index is 14.8. The molecule has 3 saturated carbocycles. The van der Waals surface area contributed by atoms with E-state index in [2.05, 4.69) is 18.8 Å². The molecule has 4 fully saturated rings. The molecule has 6 atom stereocenters. The highest BCUT2D eigenvalue weighted by Crippen LogP contribution is 2.88. The number of amides is 2. The monoisotopic (exact) mass is 878 g/mol. The normalized spacial score (nSPS) is 22.5. The van der Waals surface area contributed by atoms with E-state index < -0.39 is 46.9 Å². The molecule has 4 aliphatic rings. The van der Waals surface area contributed by atoms with Crippen molar-refractivity contribution in [2.24, 2.45) is 67.9 Å². The van der Waals surface area contributed by atoms with Crippen molar-refractivity contribution in [1.29, 1.82) is 0 Å². The Morgan fingerprint density at radius 1 is 0.781 bits per heavy atom. The number of ketones is 5. The summed E-state index contributed by atoms with van der Waals surface area (Å²) >= 11 is 0. The Kier molecular flexibility index (Phi) is 15.7. The van der Waals surface area contributed by atoms with Crippen LogP contribution in [0.4, 0.5) is 0 Å². The van der Waals surface area contributed by atoms with Crippen LogP contribution in [0.2, 0.25) is 0 Å². The first-order valence-corrected chi connectivity index (χ1v) is 23.5. The van der Waals surface area contributed by atoms with Gasteiger partial charge in [0.05, 0.1) is 6.04 Å². The number of nitrogens with two attached hydrogens (primary N) is 1. The Hall–Kier alpha value is -4.89. The van der Waals surface area contributed by atoms with Crippen LogP contribution in [0.25, 0.3) is 0 Å². The minimum atomic E-state index is -1.01. The lowest BCUT2D eigenvalue weighted by atomic mass is 9.73. The molecule has 2 spiro atoms. The number of aliphatic imine (C=N–C) groups is 1. The summed E-state index contributed by atoms with van der Waals surface area (Å²) in [7, 11) is 0. The van der Waals surface area contributed by atoms with Gasteiger partial charge in [0, 0.05) is 60.1 Å². The van der Waals surface area contributed by atoms with Gasteiger partial charge in [-0.15, -0.1) is 0 Å². The molecule has 1 aliphatic heterocycles. The minimum absolute atomic E-state index is 0.000781. The molecule has 6 rings (SSSR count). The van der Waals surface area contributed by atoms with Crippen molar-refractivity contribution in [3.05, 3.63) is 71.8 Å². The molecule has 2 aromatic carbocycles. The first-order valence-electron chi connectivity index (χ1n) is 23.5. The number of carbonyl (C=O) groups excluding carboxylic acids is 8. The molecule has 1 heterocycles. The van der Waals surface area contributed by atoms with Crippen LogP contribution < -0.4 is 5.73 Å². The van der Waals surface area contributed by atoms with Crippen molar-refractivity contribution in [1.82, 2.24) is 4.90 Å². The molecular weight excluding hydrogens is 807 g/mol. The average Bonchev–Trinajstić information content (AvgIpc) is 3.41. The number of isocyanates is 1. The van der Waals surface area contributed by atoms with Crippen molar-refractivity contribution < 1.29 is 38.4 Å². The number of carbonyl (C=O) groups is 7. The van der Waals surface area contributed by atoms with Gasteiger partial charge in [0.1, 0.15) is 11.8 Å². The summed E-state index contributed by atoms with van der Waals surface area (Å²) in [4.78, 5) is 109. The van der Waals surface area contributed by atoms with Crippen molar-refractivity contribution in [2.75, 3.05) is 6.54 Å². The van der Waals surface area contributed by atoms with E-state index in [1.807, 2.05) is 72.7 Å². The molecule has 0 bridgehead atoms. The molecule has 64 heavy (non-hydrogen) atoms. The third-order valence-corrected chi connectivity index (χ3v) is 15.9. The third kappa shape index (κ3) is 10.1. The van der Waals surface area contributed by atoms with E-state index in [0.29, 0.717) is 36.4 Å². The summed E-state index contributed by atoms with van der Waals surface area (Å²) in [5, 5.41) is 0. The molecule has 11 nitrogen and oxygen atoms in total. The Morgan fingerprint density at radius 2 is 1.34 bits per heavy atom. The Balaban J connectivity index is 0.000000435. The smallest absolute Gasteiger partial charge is 0.285 e. The first kappa shape index (κ1) is 50.1.